The van der Waals surface area contributed by atoms with Gasteiger partial charge in [0.1, 0.15) is 10.7 Å². The number of amides is 1. The molecule has 1 aromatic heterocycles. The fraction of sp³-hybridized carbons (Fsp3) is 0.333. The number of fused-ring (bicyclic) bond motifs is 1. The highest BCUT2D eigenvalue weighted by atomic mass is 32.1. The zero-order chi connectivity index (χ0) is 13.9. The van der Waals surface area contributed by atoms with Crippen LogP contribution >= 0.6 is 11.3 Å². The molecule has 0 saturated heterocycles. The van der Waals surface area contributed by atoms with Crippen LogP contribution < -0.4 is 10.6 Å². The van der Waals surface area contributed by atoms with E-state index >= 15 is 0 Å². The van der Waals surface area contributed by atoms with Crippen LogP contribution in [0.15, 0.2) is 29.6 Å². The lowest BCUT2D eigenvalue weighted by Crippen LogP contribution is -2.32. The van der Waals surface area contributed by atoms with E-state index in [1.807, 2.05) is 23.1 Å². The first kappa shape index (κ1) is 13.3. The highest BCUT2D eigenvalue weighted by Crippen LogP contribution is 2.27. The predicted octanol–water partition coefficient (Wildman–Crippen LogP) is 2.58. The van der Waals surface area contributed by atoms with Gasteiger partial charge in [0.05, 0.1) is 0 Å². The van der Waals surface area contributed by atoms with Gasteiger partial charge in [-0.25, -0.2) is 4.98 Å². The molecule has 0 bridgehead atoms. The monoisotopic (exact) mass is 287 g/mol. The Morgan fingerprint density at radius 1 is 1.35 bits per heavy atom. The fourth-order valence-electron chi connectivity index (χ4n) is 2.54. The van der Waals surface area contributed by atoms with E-state index in [1.165, 1.54) is 16.9 Å². The predicted molar refractivity (Wildman–Crippen MR) is 81.1 cm³/mol. The van der Waals surface area contributed by atoms with Crippen molar-refractivity contribution in [1.29, 1.82) is 0 Å². The molecular weight excluding hydrogens is 270 g/mol. The number of anilines is 1. The van der Waals surface area contributed by atoms with Crippen LogP contribution in [0.1, 0.15) is 33.9 Å². The Hall–Kier alpha value is -1.72. The Labute approximate surface area is 122 Å². The number of benzene rings is 1. The smallest absolute Gasteiger partial charge is 0.277 e. The molecule has 3 rings (SSSR count). The molecule has 2 aromatic rings. The van der Waals surface area contributed by atoms with E-state index < -0.39 is 0 Å². The lowest BCUT2D eigenvalue weighted by atomic mass is 10.1. The van der Waals surface area contributed by atoms with E-state index in [9.17, 15) is 4.79 Å². The quantitative estimate of drug-likeness (QED) is 0.923. The fourth-order valence-corrected chi connectivity index (χ4v) is 3.19. The number of carbonyl (C=O) groups is 1. The van der Waals surface area contributed by atoms with Gasteiger partial charge in [0.2, 0.25) is 0 Å². The van der Waals surface area contributed by atoms with Crippen molar-refractivity contribution in [3.8, 4) is 0 Å². The maximum atomic E-state index is 12.7. The van der Waals surface area contributed by atoms with Gasteiger partial charge in [0, 0.05) is 24.2 Å². The van der Waals surface area contributed by atoms with Crippen LogP contribution in [-0.2, 0) is 13.0 Å². The lowest BCUT2D eigenvalue weighted by Gasteiger charge is -2.21. The van der Waals surface area contributed by atoms with Gasteiger partial charge in [-0.05, 0) is 30.9 Å². The Bertz CT molecular complexity index is 623. The summed E-state index contributed by atoms with van der Waals surface area (Å²) in [6.07, 6.45) is 3.17. The molecule has 0 spiro atoms. The molecule has 0 aliphatic carbocycles. The molecule has 0 atom stereocenters. The maximum Gasteiger partial charge on any atom is 0.277 e. The third-order valence-corrected chi connectivity index (χ3v) is 4.42. The van der Waals surface area contributed by atoms with Crippen LogP contribution in [0.4, 0.5) is 5.69 Å². The van der Waals surface area contributed by atoms with Gasteiger partial charge in [-0.1, -0.05) is 18.2 Å². The highest BCUT2D eigenvalue weighted by Gasteiger charge is 2.23. The number of thiazole rings is 1. The van der Waals surface area contributed by atoms with E-state index in [1.54, 1.807) is 5.38 Å². The number of para-hydroxylation sites is 1. The number of aryl methyl sites for hydroxylation is 1. The normalized spacial score (nSPS) is 14.8. The first-order valence-electron chi connectivity index (χ1n) is 6.84. The second-order valence-electron chi connectivity index (χ2n) is 4.87. The summed E-state index contributed by atoms with van der Waals surface area (Å²) in [5, 5.41) is 2.61. The van der Waals surface area contributed by atoms with Crippen molar-refractivity contribution in [3.05, 3.63) is 45.9 Å². The van der Waals surface area contributed by atoms with Crippen molar-refractivity contribution < 1.29 is 4.79 Å². The number of nitrogens with zero attached hydrogens (tertiary/aromatic N) is 2. The molecule has 4 nitrogen and oxygen atoms in total. The first-order valence-corrected chi connectivity index (χ1v) is 7.72. The number of hydrogen-bond acceptors (Lipinski definition) is 4. The topological polar surface area (TPSA) is 59.2 Å². The van der Waals surface area contributed by atoms with Gasteiger partial charge < -0.3 is 10.6 Å². The van der Waals surface area contributed by atoms with Crippen molar-refractivity contribution >= 4 is 22.9 Å². The average molecular weight is 287 g/mol. The molecule has 0 unspecified atom stereocenters. The highest BCUT2D eigenvalue weighted by molar-refractivity contribution is 7.09. The molecule has 1 aromatic carbocycles. The summed E-state index contributed by atoms with van der Waals surface area (Å²) in [5.41, 5.74) is 8.34. The molecule has 1 amide bonds. The summed E-state index contributed by atoms with van der Waals surface area (Å²) in [4.78, 5) is 18.8. The molecule has 2 N–H and O–H groups in total. The van der Waals surface area contributed by atoms with Gasteiger partial charge in [0.15, 0.2) is 0 Å². The summed E-state index contributed by atoms with van der Waals surface area (Å²) in [6, 6.07) is 8.14. The second kappa shape index (κ2) is 5.73. The summed E-state index contributed by atoms with van der Waals surface area (Å²) in [6.45, 7) is 1.14. The van der Waals surface area contributed by atoms with Gasteiger partial charge in [-0.15, -0.1) is 11.3 Å². The molecule has 0 radical (unpaired) electrons. The standard InChI is InChI=1S/C15H17N3OS/c16-9-14-17-12(10-20-14)15(19)18-8-4-3-6-11-5-1-2-7-13(11)18/h1-2,5,7,10H,3-4,6,8-9,16H2. The van der Waals surface area contributed by atoms with Crippen LogP contribution in [0.3, 0.4) is 0 Å². The second-order valence-corrected chi connectivity index (χ2v) is 5.82. The van der Waals surface area contributed by atoms with Crippen LogP contribution in [0, 0.1) is 0 Å². The van der Waals surface area contributed by atoms with Crippen molar-refractivity contribution in [2.75, 3.05) is 11.4 Å². The minimum Gasteiger partial charge on any atom is -0.325 e. The first-order chi connectivity index (χ1) is 9.79. The number of nitrogens with two attached hydrogens (primary N) is 1. The zero-order valence-corrected chi connectivity index (χ0v) is 12.0. The zero-order valence-electron chi connectivity index (χ0n) is 11.2. The van der Waals surface area contributed by atoms with Crippen molar-refractivity contribution in [2.24, 2.45) is 5.73 Å². The van der Waals surface area contributed by atoms with Crippen LogP contribution in [0.25, 0.3) is 0 Å². The van der Waals surface area contributed by atoms with Gasteiger partial charge in [-0.3, -0.25) is 4.79 Å². The molecule has 0 saturated carbocycles. The molecule has 1 aliphatic rings. The Kier molecular flexibility index (Phi) is 3.80. The molecular formula is C15H17N3OS. The van der Waals surface area contributed by atoms with E-state index in [-0.39, 0.29) is 5.91 Å². The molecule has 104 valence electrons. The van der Waals surface area contributed by atoms with E-state index in [4.69, 9.17) is 5.73 Å². The minimum absolute atomic E-state index is 0.0182. The van der Waals surface area contributed by atoms with E-state index in [0.717, 1.165) is 36.5 Å². The van der Waals surface area contributed by atoms with Crippen LogP contribution in [-0.4, -0.2) is 17.4 Å². The Morgan fingerprint density at radius 2 is 2.20 bits per heavy atom. The number of hydrogen-bond donors (Lipinski definition) is 1. The van der Waals surface area contributed by atoms with Crippen molar-refractivity contribution in [1.82, 2.24) is 4.98 Å². The molecule has 1 aliphatic heterocycles. The number of aromatic nitrogens is 1. The maximum absolute atomic E-state index is 12.7. The molecule has 0 fully saturated rings. The van der Waals surface area contributed by atoms with Gasteiger partial charge >= 0.3 is 0 Å². The lowest BCUT2D eigenvalue weighted by molar-refractivity contribution is 0.0982. The van der Waals surface area contributed by atoms with Crippen LogP contribution in [0.5, 0.6) is 0 Å². The van der Waals surface area contributed by atoms with Crippen molar-refractivity contribution in [2.45, 2.75) is 25.8 Å². The Balaban J connectivity index is 1.94. The third-order valence-electron chi connectivity index (χ3n) is 3.55. The molecule has 20 heavy (non-hydrogen) atoms. The SMILES string of the molecule is NCc1nc(C(=O)N2CCCCc3ccccc32)cs1. The molecule has 5 heteroatoms. The van der Waals surface area contributed by atoms with E-state index in [2.05, 4.69) is 11.1 Å². The molecule has 2 heterocycles. The summed E-state index contributed by atoms with van der Waals surface area (Å²) >= 11 is 1.44. The third kappa shape index (κ3) is 2.46. The number of carbonyl (C=O) groups excluding carboxylic acids is 1. The summed E-state index contributed by atoms with van der Waals surface area (Å²) < 4.78 is 0. The van der Waals surface area contributed by atoms with Crippen molar-refractivity contribution in [3.63, 3.8) is 0 Å². The van der Waals surface area contributed by atoms with E-state index in [0.29, 0.717) is 12.2 Å². The summed E-state index contributed by atoms with van der Waals surface area (Å²) in [5.74, 6) is -0.0182. The minimum atomic E-state index is -0.0182. The number of rotatable bonds is 2. The largest absolute Gasteiger partial charge is 0.325 e. The van der Waals surface area contributed by atoms with Gasteiger partial charge in [-0.2, -0.15) is 0 Å². The average Bonchev–Trinajstić information content (AvgIpc) is 2.86. The van der Waals surface area contributed by atoms with Crippen LogP contribution in [0.2, 0.25) is 0 Å². The Morgan fingerprint density at radius 3 is 3.00 bits per heavy atom. The van der Waals surface area contributed by atoms with Gasteiger partial charge in [0.25, 0.3) is 5.91 Å². The summed E-state index contributed by atoms with van der Waals surface area (Å²) in [7, 11) is 0.